The molecule has 0 saturated heterocycles. The number of rotatable bonds is 4. The second-order valence-corrected chi connectivity index (χ2v) is 6.62. The van der Waals surface area contributed by atoms with E-state index in [0.29, 0.717) is 6.07 Å². The van der Waals surface area contributed by atoms with Crippen molar-refractivity contribution in [2.45, 2.75) is 18.0 Å². The molecule has 128 valence electrons. The second kappa shape index (κ2) is 6.16. The fourth-order valence-electron chi connectivity index (χ4n) is 1.99. The maximum atomic E-state index is 12.8. The molecule has 0 aliphatic rings. The highest BCUT2D eigenvalue weighted by Crippen LogP contribution is 2.32. The third-order valence-corrected chi connectivity index (χ3v) is 4.69. The topological polar surface area (TPSA) is 83.5 Å². The summed E-state index contributed by atoms with van der Waals surface area (Å²) in [5, 5.41) is 8.89. The van der Waals surface area contributed by atoms with Gasteiger partial charge >= 0.3 is 12.1 Å². The number of alkyl halides is 3. The Morgan fingerprint density at radius 2 is 1.79 bits per heavy atom. The monoisotopic (exact) mass is 359 g/mol. The molecular weight excluding hydrogens is 347 g/mol. The van der Waals surface area contributed by atoms with Crippen LogP contribution in [-0.4, -0.2) is 19.5 Å². The van der Waals surface area contributed by atoms with Gasteiger partial charge < -0.3 is 5.11 Å². The standard InChI is InChI=1S/C15H12F3NO4S/c1-9-5-6-11(15(16,17)18)8-13(9)24(22,23)19-12-4-2-3-10(7-12)14(20)21/h2-8,19H,1H3,(H,20,21). The van der Waals surface area contributed by atoms with Crippen LogP contribution in [0.5, 0.6) is 0 Å². The van der Waals surface area contributed by atoms with Gasteiger partial charge in [0.1, 0.15) is 0 Å². The van der Waals surface area contributed by atoms with Gasteiger partial charge in [-0.15, -0.1) is 0 Å². The molecule has 0 heterocycles. The Kier molecular flexibility index (Phi) is 4.57. The van der Waals surface area contributed by atoms with Crippen LogP contribution in [-0.2, 0) is 16.2 Å². The van der Waals surface area contributed by atoms with Gasteiger partial charge in [0.15, 0.2) is 0 Å². The zero-order chi connectivity index (χ0) is 18.1. The minimum Gasteiger partial charge on any atom is -0.478 e. The summed E-state index contributed by atoms with van der Waals surface area (Å²) in [7, 11) is -4.31. The molecule has 0 aliphatic heterocycles. The highest BCUT2D eigenvalue weighted by molar-refractivity contribution is 7.92. The van der Waals surface area contributed by atoms with Crippen LogP contribution in [0.2, 0.25) is 0 Å². The van der Waals surface area contributed by atoms with Gasteiger partial charge in [0.25, 0.3) is 10.0 Å². The molecule has 0 bridgehead atoms. The summed E-state index contributed by atoms with van der Waals surface area (Å²) in [5.74, 6) is -1.26. The largest absolute Gasteiger partial charge is 0.478 e. The number of carboxylic acid groups (broad SMARTS) is 1. The quantitative estimate of drug-likeness (QED) is 0.875. The Labute approximate surface area is 135 Å². The first-order valence-electron chi connectivity index (χ1n) is 6.55. The highest BCUT2D eigenvalue weighted by Gasteiger charge is 2.32. The zero-order valence-corrected chi connectivity index (χ0v) is 13.1. The van der Waals surface area contributed by atoms with Crippen LogP contribution < -0.4 is 4.72 Å². The Hall–Kier alpha value is -2.55. The predicted octanol–water partition coefficient (Wildman–Crippen LogP) is 3.51. The summed E-state index contributed by atoms with van der Waals surface area (Å²) in [6.07, 6.45) is -4.68. The number of nitrogens with one attached hydrogen (secondary N) is 1. The van der Waals surface area contributed by atoms with E-state index in [-0.39, 0.29) is 16.8 Å². The van der Waals surface area contributed by atoms with E-state index in [1.165, 1.54) is 25.1 Å². The molecule has 0 aromatic heterocycles. The number of anilines is 1. The van der Waals surface area contributed by atoms with Crippen LogP contribution in [0.1, 0.15) is 21.5 Å². The average molecular weight is 359 g/mol. The molecule has 0 unspecified atom stereocenters. The first-order chi connectivity index (χ1) is 11.0. The lowest BCUT2D eigenvalue weighted by atomic mass is 10.1. The number of benzene rings is 2. The van der Waals surface area contributed by atoms with Crippen molar-refractivity contribution >= 4 is 21.7 Å². The van der Waals surface area contributed by atoms with Gasteiger partial charge in [0.05, 0.1) is 16.0 Å². The van der Waals surface area contributed by atoms with E-state index in [1.807, 2.05) is 0 Å². The lowest BCUT2D eigenvalue weighted by Gasteiger charge is -2.13. The fourth-order valence-corrected chi connectivity index (χ4v) is 3.31. The molecule has 5 nitrogen and oxygen atoms in total. The Morgan fingerprint density at radius 3 is 2.38 bits per heavy atom. The van der Waals surface area contributed by atoms with Crippen molar-refractivity contribution in [3.05, 3.63) is 59.2 Å². The van der Waals surface area contributed by atoms with E-state index < -0.39 is 32.6 Å². The summed E-state index contributed by atoms with van der Waals surface area (Å²) in [4.78, 5) is 10.4. The SMILES string of the molecule is Cc1ccc(C(F)(F)F)cc1S(=O)(=O)Nc1cccc(C(=O)O)c1. The van der Waals surface area contributed by atoms with Crippen LogP contribution in [0.4, 0.5) is 18.9 Å². The van der Waals surface area contributed by atoms with E-state index in [1.54, 1.807) is 0 Å². The summed E-state index contributed by atoms with van der Waals surface area (Å²) < 4.78 is 65.1. The minimum absolute atomic E-state index is 0.0632. The van der Waals surface area contributed by atoms with Crippen LogP contribution in [0.15, 0.2) is 47.4 Å². The second-order valence-electron chi connectivity index (χ2n) is 4.97. The van der Waals surface area contributed by atoms with E-state index in [4.69, 9.17) is 5.11 Å². The van der Waals surface area contributed by atoms with Crippen LogP contribution >= 0.6 is 0 Å². The number of hydrogen-bond acceptors (Lipinski definition) is 3. The number of aryl methyl sites for hydroxylation is 1. The summed E-state index contributed by atoms with van der Waals surface area (Å²) in [5.41, 5.74) is -1.18. The zero-order valence-electron chi connectivity index (χ0n) is 12.3. The van der Waals surface area contributed by atoms with Crippen molar-refractivity contribution in [1.29, 1.82) is 0 Å². The van der Waals surface area contributed by atoms with E-state index in [9.17, 15) is 26.4 Å². The van der Waals surface area contributed by atoms with Crippen molar-refractivity contribution in [3.63, 3.8) is 0 Å². The van der Waals surface area contributed by atoms with Gasteiger partial charge in [-0.05, 0) is 42.8 Å². The number of aromatic carboxylic acids is 1. The summed E-state index contributed by atoms with van der Waals surface area (Å²) in [6.45, 7) is 1.36. The molecule has 2 aromatic rings. The molecule has 2 aromatic carbocycles. The molecule has 2 N–H and O–H groups in total. The molecule has 9 heteroatoms. The molecule has 0 saturated carbocycles. The number of carbonyl (C=O) groups is 1. The number of carboxylic acids is 1. The summed E-state index contributed by atoms with van der Waals surface area (Å²) >= 11 is 0. The number of hydrogen-bond donors (Lipinski definition) is 2. The lowest BCUT2D eigenvalue weighted by Crippen LogP contribution is -2.16. The molecule has 0 fully saturated rings. The van der Waals surface area contributed by atoms with Crippen molar-refractivity contribution < 1.29 is 31.5 Å². The van der Waals surface area contributed by atoms with Gasteiger partial charge in [-0.3, -0.25) is 4.72 Å². The first kappa shape index (κ1) is 17.8. The lowest BCUT2D eigenvalue weighted by molar-refractivity contribution is -0.137. The van der Waals surface area contributed by atoms with E-state index >= 15 is 0 Å². The third kappa shape index (κ3) is 3.85. The van der Waals surface area contributed by atoms with Gasteiger partial charge in [-0.25, -0.2) is 13.2 Å². The number of sulfonamides is 1. The first-order valence-corrected chi connectivity index (χ1v) is 8.03. The average Bonchev–Trinajstić information content (AvgIpc) is 2.46. The molecule has 0 radical (unpaired) electrons. The predicted molar refractivity (Wildman–Crippen MR) is 80.4 cm³/mol. The third-order valence-electron chi connectivity index (χ3n) is 3.17. The van der Waals surface area contributed by atoms with Gasteiger partial charge in [-0.1, -0.05) is 12.1 Å². The van der Waals surface area contributed by atoms with Crippen molar-refractivity contribution in [2.24, 2.45) is 0 Å². The molecule has 24 heavy (non-hydrogen) atoms. The smallest absolute Gasteiger partial charge is 0.416 e. The van der Waals surface area contributed by atoms with Crippen LogP contribution in [0.3, 0.4) is 0 Å². The fraction of sp³-hybridized carbons (Fsp3) is 0.133. The Morgan fingerprint density at radius 1 is 1.12 bits per heavy atom. The Bertz CT molecular complexity index is 892. The van der Waals surface area contributed by atoms with Crippen molar-refractivity contribution in [3.8, 4) is 0 Å². The van der Waals surface area contributed by atoms with Crippen LogP contribution in [0, 0.1) is 6.92 Å². The van der Waals surface area contributed by atoms with E-state index in [0.717, 1.165) is 18.2 Å². The molecule has 2 rings (SSSR count). The van der Waals surface area contributed by atoms with Gasteiger partial charge in [-0.2, -0.15) is 13.2 Å². The molecule has 0 atom stereocenters. The van der Waals surface area contributed by atoms with Crippen molar-refractivity contribution in [1.82, 2.24) is 0 Å². The maximum Gasteiger partial charge on any atom is 0.416 e. The van der Waals surface area contributed by atoms with E-state index in [2.05, 4.69) is 4.72 Å². The molecule has 0 amide bonds. The van der Waals surface area contributed by atoms with Gasteiger partial charge in [0.2, 0.25) is 0 Å². The summed E-state index contributed by atoms with van der Waals surface area (Å²) in [6, 6.07) is 7.34. The molecule has 0 aliphatic carbocycles. The van der Waals surface area contributed by atoms with Crippen LogP contribution in [0.25, 0.3) is 0 Å². The Balaban J connectivity index is 2.44. The highest BCUT2D eigenvalue weighted by atomic mass is 32.2. The van der Waals surface area contributed by atoms with Gasteiger partial charge in [0, 0.05) is 5.69 Å². The molecular formula is C15H12F3NO4S. The maximum absolute atomic E-state index is 12.8. The van der Waals surface area contributed by atoms with Crippen molar-refractivity contribution in [2.75, 3.05) is 4.72 Å². The minimum atomic E-state index is -4.68. The molecule has 0 spiro atoms. The normalized spacial score (nSPS) is 12.0. The number of halogens is 3.